The van der Waals surface area contributed by atoms with Crippen LogP contribution in [0.1, 0.15) is 13.8 Å². The van der Waals surface area contributed by atoms with E-state index in [-0.39, 0.29) is 11.7 Å². The van der Waals surface area contributed by atoms with Crippen LogP contribution in [0.5, 0.6) is 0 Å². The highest BCUT2D eigenvalue weighted by Crippen LogP contribution is 1.81. The van der Waals surface area contributed by atoms with E-state index in [9.17, 15) is 4.79 Å². The molecule has 0 aromatic carbocycles. The lowest BCUT2D eigenvalue weighted by Crippen LogP contribution is -2.32. The quantitative estimate of drug-likeness (QED) is 0.472. The van der Waals surface area contributed by atoms with Gasteiger partial charge in [-0.1, -0.05) is 6.58 Å². The maximum atomic E-state index is 9.60. The molecule has 0 aliphatic rings. The Hall–Kier alpha value is -0.870. The third kappa shape index (κ3) is 11.9. The first-order valence-corrected chi connectivity index (χ1v) is 3.59. The average Bonchev–Trinajstić information content (AvgIpc) is 1.88. The zero-order chi connectivity index (χ0) is 10.3. The Kier molecular flexibility index (Phi) is 7.78. The fourth-order valence-corrected chi connectivity index (χ4v) is 0. The van der Waals surface area contributed by atoms with Crippen molar-refractivity contribution >= 4 is 5.97 Å². The molecule has 0 bridgehead atoms. The van der Waals surface area contributed by atoms with Gasteiger partial charge in [-0.05, 0) is 27.9 Å². The summed E-state index contributed by atoms with van der Waals surface area (Å²) in [6, 6.07) is 0. The highest BCUT2D eigenvalue weighted by atomic mass is 16.4. The summed E-state index contributed by atoms with van der Waals surface area (Å²) in [7, 11) is 3.90. The molecule has 0 saturated heterocycles. The molecule has 0 saturated carbocycles. The third-order valence-electron chi connectivity index (χ3n) is 1.18. The Balaban J connectivity index is 0. The smallest absolute Gasteiger partial charge is 0.330 e. The molecule has 0 spiro atoms. The zero-order valence-corrected chi connectivity index (χ0v) is 8.16. The van der Waals surface area contributed by atoms with Gasteiger partial charge in [-0.3, -0.25) is 4.90 Å². The average molecular weight is 174 g/mol. The van der Waals surface area contributed by atoms with Gasteiger partial charge in [0.25, 0.3) is 0 Å². The molecule has 1 atom stereocenters. The molecule has 1 unspecified atom stereocenters. The lowest BCUT2D eigenvalue weighted by molar-refractivity contribution is -0.132. The number of aliphatic carboxylic acids is 1. The number of carbonyl (C=O) groups is 1. The maximum Gasteiger partial charge on any atom is 0.330 e. The summed E-state index contributed by atoms with van der Waals surface area (Å²) < 4.78 is 0. The predicted molar refractivity (Wildman–Crippen MR) is 49.8 cm³/mol. The molecule has 0 aromatic heterocycles. The summed E-state index contributed by atoms with van der Waals surface area (Å²) in [6.45, 7) is 6.55. The first-order valence-electron chi connectivity index (χ1n) is 3.59. The molecule has 3 N–H and O–H groups in total. The highest BCUT2D eigenvalue weighted by Gasteiger charge is 1.90. The summed E-state index contributed by atoms with van der Waals surface area (Å²) in [5.74, 6) is -0.935. The van der Waals surface area contributed by atoms with Crippen molar-refractivity contribution in [3.8, 4) is 0 Å². The van der Waals surface area contributed by atoms with Crippen molar-refractivity contribution in [3.05, 3.63) is 12.2 Å². The van der Waals surface area contributed by atoms with Crippen LogP contribution in [0.3, 0.4) is 0 Å². The SMILES string of the molecule is C=C(C)C(=O)O.CC(N)N(C)C. The van der Waals surface area contributed by atoms with E-state index in [1.807, 2.05) is 25.9 Å². The Morgan fingerprint density at radius 3 is 1.75 bits per heavy atom. The number of hydrogen-bond acceptors (Lipinski definition) is 3. The number of hydrogen-bond donors (Lipinski definition) is 2. The largest absolute Gasteiger partial charge is 0.478 e. The van der Waals surface area contributed by atoms with E-state index >= 15 is 0 Å². The lowest BCUT2D eigenvalue weighted by atomic mass is 10.4. The first kappa shape index (κ1) is 13.7. The van der Waals surface area contributed by atoms with Crippen LogP contribution in [-0.4, -0.2) is 36.2 Å². The number of carboxylic acid groups (broad SMARTS) is 1. The van der Waals surface area contributed by atoms with Gasteiger partial charge in [0.1, 0.15) is 0 Å². The second kappa shape index (κ2) is 6.82. The number of nitrogens with zero attached hydrogens (tertiary/aromatic N) is 1. The van der Waals surface area contributed by atoms with Crippen molar-refractivity contribution in [2.45, 2.75) is 20.0 Å². The van der Waals surface area contributed by atoms with Crippen molar-refractivity contribution in [2.24, 2.45) is 5.73 Å². The van der Waals surface area contributed by atoms with Gasteiger partial charge in [-0.25, -0.2) is 4.79 Å². The van der Waals surface area contributed by atoms with Gasteiger partial charge in [0, 0.05) is 5.57 Å². The molecular weight excluding hydrogens is 156 g/mol. The van der Waals surface area contributed by atoms with Gasteiger partial charge in [0.05, 0.1) is 6.17 Å². The second-order valence-electron chi connectivity index (χ2n) is 2.79. The van der Waals surface area contributed by atoms with E-state index < -0.39 is 5.97 Å². The molecule has 72 valence electrons. The Bertz CT molecular complexity index is 135. The summed E-state index contributed by atoms with van der Waals surface area (Å²) >= 11 is 0. The lowest BCUT2D eigenvalue weighted by Gasteiger charge is -2.12. The van der Waals surface area contributed by atoms with Crippen LogP contribution in [0, 0.1) is 0 Å². The van der Waals surface area contributed by atoms with Crippen molar-refractivity contribution in [1.82, 2.24) is 4.90 Å². The van der Waals surface area contributed by atoms with Crippen LogP contribution in [0.4, 0.5) is 0 Å². The summed E-state index contributed by atoms with van der Waals surface area (Å²) in [5, 5.41) is 7.89. The van der Waals surface area contributed by atoms with Crippen molar-refractivity contribution in [1.29, 1.82) is 0 Å². The minimum Gasteiger partial charge on any atom is -0.478 e. The van der Waals surface area contributed by atoms with Crippen LogP contribution in [0.15, 0.2) is 12.2 Å². The molecule has 4 nitrogen and oxygen atoms in total. The van der Waals surface area contributed by atoms with Crippen LogP contribution in [-0.2, 0) is 4.79 Å². The van der Waals surface area contributed by atoms with Crippen molar-refractivity contribution in [3.63, 3.8) is 0 Å². The van der Waals surface area contributed by atoms with E-state index in [0.29, 0.717) is 0 Å². The van der Waals surface area contributed by atoms with E-state index in [0.717, 1.165) is 0 Å². The molecular formula is C8H18N2O2. The fourth-order valence-electron chi connectivity index (χ4n) is 0. The number of nitrogens with two attached hydrogens (primary N) is 1. The van der Waals surface area contributed by atoms with Crippen LogP contribution >= 0.6 is 0 Å². The molecule has 4 heteroatoms. The normalized spacial score (nSPS) is 11.5. The molecule has 12 heavy (non-hydrogen) atoms. The number of carboxylic acids is 1. The van der Waals surface area contributed by atoms with E-state index in [4.69, 9.17) is 10.8 Å². The minimum atomic E-state index is -0.935. The zero-order valence-electron chi connectivity index (χ0n) is 8.16. The molecule has 0 fully saturated rings. The summed E-state index contributed by atoms with van der Waals surface area (Å²) in [6.07, 6.45) is 0.185. The Morgan fingerprint density at radius 2 is 1.75 bits per heavy atom. The van der Waals surface area contributed by atoms with Gasteiger partial charge in [-0.15, -0.1) is 0 Å². The van der Waals surface area contributed by atoms with Gasteiger partial charge >= 0.3 is 5.97 Å². The van der Waals surface area contributed by atoms with Crippen LogP contribution < -0.4 is 5.73 Å². The summed E-state index contributed by atoms with van der Waals surface area (Å²) in [5.41, 5.74) is 5.54. The minimum absolute atomic E-state index is 0.176. The van der Waals surface area contributed by atoms with Crippen LogP contribution in [0.2, 0.25) is 0 Å². The highest BCUT2D eigenvalue weighted by molar-refractivity contribution is 5.84. The predicted octanol–water partition coefficient (Wildman–Crippen LogP) is 0.500. The summed E-state index contributed by atoms with van der Waals surface area (Å²) in [4.78, 5) is 11.5. The first-order chi connectivity index (χ1) is 5.29. The van der Waals surface area contributed by atoms with Gasteiger partial charge in [-0.2, -0.15) is 0 Å². The monoisotopic (exact) mass is 174 g/mol. The molecule has 0 heterocycles. The fraction of sp³-hybridized carbons (Fsp3) is 0.625. The van der Waals surface area contributed by atoms with E-state index in [1.165, 1.54) is 6.92 Å². The van der Waals surface area contributed by atoms with Gasteiger partial charge in [0.2, 0.25) is 0 Å². The standard InChI is InChI=1S/C4H12N2.C4H6O2/c1-4(5)6(2)3;1-3(2)4(5)6/h4H,5H2,1-3H3;1H2,2H3,(H,5,6). The van der Waals surface area contributed by atoms with E-state index in [1.54, 1.807) is 0 Å². The van der Waals surface area contributed by atoms with Gasteiger partial charge in [0.15, 0.2) is 0 Å². The Morgan fingerprint density at radius 1 is 1.58 bits per heavy atom. The molecule has 0 rings (SSSR count). The number of rotatable bonds is 2. The molecule has 0 aliphatic heterocycles. The molecule has 0 radical (unpaired) electrons. The molecule has 0 aromatic rings. The van der Waals surface area contributed by atoms with Gasteiger partial charge < -0.3 is 10.8 Å². The third-order valence-corrected chi connectivity index (χ3v) is 1.18. The second-order valence-corrected chi connectivity index (χ2v) is 2.79. The maximum absolute atomic E-state index is 9.60. The molecule has 0 aliphatic carbocycles. The van der Waals surface area contributed by atoms with E-state index in [2.05, 4.69) is 6.58 Å². The van der Waals surface area contributed by atoms with Crippen molar-refractivity contribution < 1.29 is 9.90 Å². The molecule has 0 amide bonds. The topological polar surface area (TPSA) is 66.6 Å². The van der Waals surface area contributed by atoms with Crippen LogP contribution in [0.25, 0.3) is 0 Å². The Labute approximate surface area is 73.7 Å². The van der Waals surface area contributed by atoms with Crippen molar-refractivity contribution in [2.75, 3.05) is 14.1 Å².